The molecule has 1 saturated heterocycles. The second kappa shape index (κ2) is 10.4. The van der Waals surface area contributed by atoms with E-state index < -0.39 is 0 Å². The molecule has 0 aliphatic carbocycles. The average molecular weight is 491 g/mol. The van der Waals surface area contributed by atoms with Crippen LogP contribution in [0.2, 0.25) is 0 Å². The van der Waals surface area contributed by atoms with Crippen molar-refractivity contribution < 1.29 is 9.47 Å². The molecule has 0 radical (unpaired) electrons. The number of aromatic nitrogens is 2. The fraction of sp³-hybridized carbons (Fsp3) is 0.357. The van der Waals surface area contributed by atoms with Gasteiger partial charge >= 0.3 is 5.69 Å². The topological polar surface area (TPSA) is 91.7 Å². The molecule has 2 heterocycles. The van der Waals surface area contributed by atoms with E-state index >= 15 is 0 Å². The molecule has 4 rings (SSSR count). The molecule has 2 N–H and O–H groups in total. The minimum Gasteiger partial charge on any atom is -0.493 e. The monoisotopic (exact) mass is 490 g/mol. The maximum atomic E-state index is 12.8. The zero-order valence-electron chi connectivity index (χ0n) is 21.4. The molecule has 8 heteroatoms. The molecule has 0 spiro atoms. The van der Waals surface area contributed by atoms with Gasteiger partial charge in [0.15, 0.2) is 11.5 Å². The quantitative estimate of drug-likeness (QED) is 0.510. The van der Waals surface area contributed by atoms with Crippen LogP contribution in [0.1, 0.15) is 42.4 Å². The average Bonchev–Trinajstić information content (AvgIpc) is 2.88. The summed E-state index contributed by atoms with van der Waals surface area (Å²) in [5.41, 5.74) is 9.81. The number of likely N-dealkylation sites (tertiary alicyclic amines) is 1. The highest BCUT2D eigenvalue weighted by molar-refractivity contribution is 5.76. The van der Waals surface area contributed by atoms with Crippen molar-refractivity contribution >= 4 is 11.4 Å². The Hall–Kier alpha value is -3.94. The maximum absolute atomic E-state index is 12.8. The van der Waals surface area contributed by atoms with Gasteiger partial charge in [-0.2, -0.15) is 0 Å². The molecule has 1 fully saturated rings. The number of aryl methyl sites for hydroxylation is 1. The second-order valence-corrected chi connectivity index (χ2v) is 9.42. The number of nitrogens with two attached hydrogens (primary N) is 1. The summed E-state index contributed by atoms with van der Waals surface area (Å²) in [6.45, 7) is 7.59. The number of methoxy groups -OCH3 is 1. The number of piperidine rings is 1. The van der Waals surface area contributed by atoms with Crippen molar-refractivity contribution in [1.82, 2.24) is 14.0 Å². The summed E-state index contributed by atoms with van der Waals surface area (Å²) in [5, 5.41) is 0. The minimum absolute atomic E-state index is 0.0650. The lowest BCUT2D eigenvalue weighted by Gasteiger charge is -2.40. The van der Waals surface area contributed by atoms with Gasteiger partial charge in [-0.05, 0) is 37.3 Å². The number of hydrogen-bond donors (Lipinski definition) is 1. The highest BCUT2D eigenvalue weighted by Crippen LogP contribution is 2.39. The molecule has 1 aromatic heterocycles. The van der Waals surface area contributed by atoms with Crippen molar-refractivity contribution in [3.8, 4) is 11.5 Å². The third-order valence-electron chi connectivity index (χ3n) is 7.02. The van der Waals surface area contributed by atoms with E-state index in [2.05, 4.69) is 18.4 Å². The van der Waals surface area contributed by atoms with Gasteiger partial charge in [0.05, 0.1) is 7.11 Å². The van der Waals surface area contributed by atoms with Crippen LogP contribution in [0.3, 0.4) is 0 Å². The van der Waals surface area contributed by atoms with Gasteiger partial charge in [-0.1, -0.05) is 36.9 Å². The molecular formula is C28H34N4O4. The van der Waals surface area contributed by atoms with Crippen LogP contribution in [0.15, 0.2) is 64.8 Å². The summed E-state index contributed by atoms with van der Waals surface area (Å²) in [7, 11) is 4.81. The van der Waals surface area contributed by atoms with E-state index in [-0.39, 0.29) is 23.2 Å². The van der Waals surface area contributed by atoms with Crippen LogP contribution in [0.25, 0.3) is 5.70 Å². The molecule has 1 unspecified atom stereocenters. The second-order valence-electron chi connectivity index (χ2n) is 9.42. The number of anilines is 1. The van der Waals surface area contributed by atoms with Crippen LogP contribution in [-0.4, -0.2) is 33.7 Å². The first-order valence-electron chi connectivity index (χ1n) is 12.1. The van der Waals surface area contributed by atoms with Crippen molar-refractivity contribution in [2.75, 3.05) is 19.4 Å². The summed E-state index contributed by atoms with van der Waals surface area (Å²) in [6.07, 6.45) is 3.22. The van der Waals surface area contributed by atoms with Gasteiger partial charge in [0.2, 0.25) is 0 Å². The highest BCUT2D eigenvalue weighted by atomic mass is 16.5. The summed E-state index contributed by atoms with van der Waals surface area (Å²) < 4.78 is 14.3. The molecule has 8 nitrogen and oxygen atoms in total. The van der Waals surface area contributed by atoms with E-state index in [1.54, 1.807) is 26.4 Å². The minimum atomic E-state index is -0.316. The summed E-state index contributed by atoms with van der Waals surface area (Å²) >= 11 is 0. The molecule has 1 aliphatic heterocycles. The fourth-order valence-corrected chi connectivity index (χ4v) is 4.96. The first-order valence-corrected chi connectivity index (χ1v) is 12.1. The molecule has 2 aromatic carbocycles. The normalized spacial score (nSPS) is 17.6. The molecule has 0 amide bonds. The number of hydrogen-bond acceptors (Lipinski definition) is 6. The van der Waals surface area contributed by atoms with E-state index in [1.165, 1.54) is 16.2 Å². The van der Waals surface area contributed by atoms with Gasteiger partial charge < -0.3 is 24.7 Å². The van der Waals surface area contributed by atoms with E-state index in [0.717, 1.165) is 29.7 Å². The van der Waals surface area contributed by atoms with E-state index in [4.69, 9.17) is 15.2 Å². The van der Waals surface area contributed by atoms with Crippen LogP contribution in [-0.2, 0) is 20.7 Å². The van der Waals surface area contributed by atoms with E-state index in [9.17, 15) is 9.59 Å². The number of nitrogen functional groups attached to an aromatic ring is 1. The molecule has 0 bridgehead atoms. The Kier molecular flexibility index (Phi) is 7.24. The Bertz CT molecular complexity index is 1380. The standard InChI is InChI=1S/C28H34N4O4/c1-18-13-21(23-16-30(3)28(34)31(4)27(23)33)11-12-32(18)19(2)22-14-25(35-5)26(15-24(22)29)36-17-20-9-7-6-8-10-20/h6-10,14-16,18,21H,2,11-13,17,29H2,1,3-5H3/t18-,21?/m1/s1. The predicted molar refractivity (Wildman–Crippen MR) is 142 cm³/mol. The molecule has 3 aromatic rings. The highest BCUT2D eigenvalue weighted by Gasteiger charge is 2.30. The molecule has 2 atom stereocenters. The molecule has 1 aliphatic rings. The van der Waals surface area contributed by atoms with E-state index in [0.29, 0.717) is 35.9 Å². The third kappa shape index (κ3) is 4.89. The molecule has 190 valence electrons. The van der Waals surface area contributed by atoms with Crippen LogP contribution in [0.5, 0.6) is 11.5 Å². The maximum Gasteiger partial charge on any atom is 0.330 e. The SMILES string of the molecule is C=C(c1cc(OC)c(OCc2ccccc2)cc1N)N1CCC(c2cn(C)c(=O)n(C)c2=O)C[C@H]1C. The van der Waals surface area contributed by atoms with Crippen molar-refractivity contribution in [1.29, 1.82) is 0 Å². The molecule has 36 heavy (non-hydrogen) atoms. The predicted octanol–water partition coefficient (Wildman–Crippen LogP) is 3.49. The van der Waals surface area contributed by atoms with Gasteiger partial charge in [-0.15, -0.1) is 0 Å². The zero-order valence-corrected chi connectivity index (χ0v) is 21.4. The lowest BCUT2D eigenvalue weighted by molar-refractivity contribution is 0.221. The Morgan fingerprint density at radius 3 is 2.53 bits per heavy atom. The van der Waals surface area contributed by atoms with Crippen LogP contribution in [0.4, 0.5) is 5.69 Å². The van der Waals surface area contributed by atoms with Gasteiger partial charge in [-0.3, -0.25) is 9.36 Å². The van der Waals surface area contributed by atoms with Gasteiger partial charge in [-0.25, -0.2) is 4.79 Å². The van der Waals surface area contributed by atoms with Crippen molar-refractivity contribution in [3.63, 3.8) is 0 Å². The van der Waals surface area contributed by atoms with Gasteiger partial charge in [0.25, 0.3) is 5.56 Å². The summed E-state index contributed by atoms with van der Waals surface area (Å²) in [4.78, 5) is 27.1. The Balaban J connectivity index is 1.52. The Labute approximate surface area is 211 Å². The van der Waals surface area contributed by atoms with E-state index in [1.807, 2.05) is 36.4 Å². The number of ether oxygens (including phenoxy) is 2. The number of rotatable bonds is 7. The van der Waals surface area contributed by atoms with Crippen molar-refractivity contribution in [3.05, 3.63) is 92.8 Å². The van der Waals surface area contributed by atoms with Crippen molar-refractivity contribution in [2.24, 2.45) is 14.1 Å². The summed E-state index contributed by atoms with van der Waals surface area (Å²) in [6, 6.07) is 13.7. The van der Waals surface area contributed by atoms with Crippen molar-refractivity contribution in [2.45, 2.75) is 38.3 Å². The fourth-order valence-electron chi connectivity index (χ4n) is 4.96. The lowest BCUT2D eigenvalue weighted by Crippen LogP contribution is -2.43. The van der Waals surface area contributed by atoms with Crippen LogP contribution in [0, 0.1) is 0 Å². The third-order valence-corrected chi connectivity index (χ3v) is 7.02. The first kappa shape index (κ1) is 25.2. The number of benzene rings is 2. The van der Waals surface area contributed by atoms with Crippen LogP contribution >= 0.6 is 0 Å². The zero-order chi connectivity index (χ0) is 26.0. The van der Waals surface area contributed by atoms with Gasteiger partial charge in [0, 0.05) is 61.5 Å². The van der Waals surface area contributed by atoms with Crippen LogP contribution < -0.4 is 26.5 Å². The largest absolute Gasteiger partial charge is 0.493 e. The first-order chi connectivity index (χ1) is 17.2. The number of nitrogens with zero attached hydrogens (tertiary/aromatic N) is 3. The Morgan fingerprint density at radius 2 is 1.86 bits per heavy atom. The molecular weight excluding hydrogens is 456 g/mol. The van der Waals surface area contributed by atoms with Gasteiger partial charge in [0.1, 0.15) is 6.61 Å². The molecule has 0 saturated carbocycles. The smallest absolute Gasteiger partial charge is 0.330 e. The summed E-state index contributed by atoms with van der Waals surface area (Å²) in [5.74, 6) is 1.23. The Morgan fingerprint density at radius 1 is 1.14 bits per heavy atom. The lowest BCUT2D eigenvalue weighted by atomic mass is 9.86.